The van der Waals surface area contributed by atoms with Crippen LogP contribution in [0.25, 0.3) is 22.2 Å². The number of rotatable bonds is 2. The molecule has 4 nitrogen and oxygen atoms in total. The SMILES string of the molecule is Cn1cc(-c2cnc(CO)o2)c2c(Br)cccc21. The van der Waals surface area contributed by atoms with E-state index in [0.717, 1.165) is 20.9 Å². The average molecular weight is 307 g/mol. The van der Waals surface area contributed by atoms with Crippen LogP contribution in [0.4, 0.5) is 0 Å². The molecule has 0 saturated heterocycles. The predicted octanol–water partition coefficient (Wildman–Crippen LogP) is 3.09. The fraction of sp³-hybridized carbons (Fsp3) is 0.154. The Bertz CT molecular complexity index is 715. The van der Waals surface area contributed by atoms with Gasteiger partial charge in [0.1, 0.15) is 6.61 Å². The standard InChI is InChI=1S/C13H11BrN2O2/c1-16-6-8(11-5-15-12(7-17)18-11)13-9(14)3-2-4-10(13)16/h2-6,17H,7H2,1H3. The van der Waals surface area contributed by atoms with Crippen molar-refractivity contribution < 1.29 is 9.52 Å². The second-order valence-corrected chi connectivity index (χ2v) is 4.92. The number of aryl methyl sites for hydroxylation is 1. The zero-order valence-corrected chi connectivity index (χ0v) is 11.3. The van der Waals surface area contributed by atoms with Gasteiger partial charge < -0.3 is 14.1 Å². The lowest BCUT2D eigenvalue weighted by Crippen LogP contribution is -1.82. The van der Waals surface area contributed by atoms with Crippen LogP contribution in [0.15, 0.2) is 39.5 Å². The number of halogens is 1. The molecule has 0 saturated carbocycles. The number of hydrogen-bond acceptors (Lipinski definition) is 3. The van der Waals surface area contributed by atoms with Crippen LogP contribution >= 0.6 is 15.9 Å². The zero-order chi connectivity index (χ0) is 12.7. The summed E-state index contributed by atoms with van der Waals surface area (Å²) in [6, 6.07) is 6.04. The number of aliphatic hydroxyl groups is 1. The van der Waals surface area contributed by atoms with Crippen molar-refractivity contribution >= 4 is 26.8 Å². The van der Waals surface area contributed by atoms with Gasteiger partial charge in [-0.2, -0.15) is 0 Å². The molecule has 0 unspecified atom stereocenters. The number of nitrogens with zero attached hydrogens (tertiary/aromatic N) is 2. The van der Waals surface area contributed by atoms with Crippen molar-refractivity contribution in [1.82, 2.24) is 9.55 Å². The van der Waals surface area contributed by atoms with E-state index in [4.69, 9.17) is 9.52 Å². The van der Waals surface area contributed by atoms with Gasteiger partial charge in [0.25, 0.3) is 0 Å². The summed E-state index contributed by atoms with van der Waals surface area (Å²) < 4.78 is 8.55. The Balaban J connectivity index is 2.29. The quantitative estimate of drug-likeness (QED) is 0.791. The summed E-state index contributed by atoms with van der Waals surface area (Å²) in [4.78, 5) is 4.02. The average Bonchev–Trinajstić information content (AvgIpc) is 2.95. The highest BCUT2D eigenvalue weighted by molar-refractivity contribution is 9.10. The molecule has 5 heteroatoms. The molecule has 3 aromatic rings. The van der Waals surface area contributed by atoms with Crippen molar-refractivity contribution in [2.45, 2.75) is 6.61 Å². The van der Waals surface area contributed by atoms with E-state index in [0.29, 0.717) is 11.7 Å². The van der Waals surface area contributed by atoms with Crippen LogP contribution in [-0.2, 0) is 13.7 Å². The molecule has 2 heterocycles. The number of fused-ring (bicyclic) bond motifs is 1. The summed E-state index contributed by atoms with van der Waals surface area (Å²) in [5.41, 5.74) is 2.08. The fourth-order valence-electron chi connectivity index (χ4n) is 2.10. The van der Waals surface area contributed by atoms with Gasteiger partial charge in [0.2, 0.25) is 5.89 Å². The summed E-state index contributed by atoms with van der Waals surface area (Å²) >= 11 is 3.56. The molecular formula is C13H11BrN2O2. The first-order valence-corrected chi connectivity index (χ1v) is 6.29. The molecule has 1 aromatic carbocycles. The lowest BCUT2D eigenvalue weighted by Gasteiger charge is -1.98. The Hall–Kier alpha value is -1.59. The normalized spacial score (nSPS) is 11.3. The molecule has 0 aliphatic carbocycles. The van der Waals surface area contributed by atoms with Crippen molar-refractivity contribution in [3.05, 3.63) is 41.0 Å². The van der Waals surface area contributed by atoms with Crippen LogP contribution in [0.3, 0.4) is 0 Å². The lowest BCUT2D eigenvalue weighted by molar-refractivity contribution is 0.241. The van der Waals surface area contributed by atoms with Crippen LogP contribution < -0.4 is 0 Å². The summed E-state index contributed by atoms with van der Waals surface area (Å²) in [5.74, 6) is 0.991. The van der Waals surface area contributed by atoms with Gasteiger partial charge in [-0.05, 0) is 12.1 Å². The van der Waals surface area contributed by atoms with Gasteiger partial charge in [-0.25, -0.2) is 4.98 Å². The first-order chi connectivity index (χ1) is 8.70. The Labute approximate surface area is 112 Å². The van der Waals surface area contributed by atoms with E-state index in [1.54, 1.807) is 6.20 Å². The third kappa shape index (κ3) is 1.67. The molecule has 92 valence electrons. The highest BCUT2D eigenvalue weighted by Gasteiger charge is 2.14. The predicted molar refractivity (Wildman–Crippen MR) is 72.0 cm³/mol. The van der Waals surface area contributed by atoms with Crippen LogP contribution in [-0.4, -0.2) is 14.7 Å². The van der Waals surface area contributed by atoms with Gasteiger partial charge >= 0.3 is 0 Å². The summed E-state index contributed by atoms with van der Waals surface area (Å²) in [7, 11) is 1.99. The molecule has 0 atom stereocenters. The smallest absolute Gasteiger partial charge is 0.220 e. The Morgan fingerprint density at radius 2 is 2.28 bits per heavy atom. The number of aromatic nitrogens is 2. The third-order valence-corrected chi connectivity index (χ3v) is 3.58. The molecule has 0 aliphatic rings. The summed E-state index contributed by atoms with van der Waals surface area (Å²) in [6.45, 7) is -0.189. The minimum absolute atomic E-state index is 0.189. The molecule has 18 heavy (non-hydrogen) atoms. The van der Waals surface area contributed by atoms with E-state index >= 15 is 0 Å². The Morgan fingerprint density at radius 1 is 1.44 bits per heavy atom. The molecule has 0 bridgehead atoms. The fourth-order valence-corrected chi connectivity index (χ4v) is 2.67. The molecule has 0 aliphatic heterocycles. The molecule has 2 aromatic heterocycles. The third-order valence-electron chi connectivity index (χ3n) is 2.92. The Morgan fingerprint density at radius 3 is 3.00 bits per heavy atom. The molecule has 1 N–H and O–H groups in total. The number of benzene rings is 1. The lowest BCUT2D eigenvalue weighted by atomic mass is 10.1. The zero-order valence-electron chi connectivity index (χ0n) is 9.72. The summed E-state index contributed by atoms with van der Waals surface area (Å²) in [6.07, 6.45) is 3.64. The number of oxazole rings is 1. The van der Waals surface area contributed by atoms with E-state index in [2.05, 4.69) is 20.9 Å². The minimum atomic E-state index is -0.189. The first-order valence-electron chi connectivity index (χ1n) is 5.50. The maximum absolute atomic E-state index is 9.00. The molecule has 0 radical (unpaired) electrons. The largest absolute Gasteiger partial charge is 0.438 e. The number of hydrogen-bond donors (Lipinski definition) is 1. The van der Waals surface area contributed by atoms with Crippen molar-refractivity contribution in [3.63, 3.8) is 0 Å². The van der Waals surface area contributed by atoms with E-state index < -0.39 is 0 Å². The van der Waals surface area contributed by atoms with Crippen LogP contribution in [0.1, 0.15) is 5.89 Å². The van der Waals surface area contributed by atoms with Crippen LogP contribution in [0, 0.1) is 0 Å². The van der Waals surface area contributed by atoms with Gasteiger partial charge in [-0.1, -0.05) is 22.0 Å². The van der Waals surface area contributed by atoms with E-state index in [-0.39, 0.29) is 6.61 Å². The molecule has 0 fully saturated rings. The first kappa shape index (κ1) is 11.5. The Kier molecular flexibility index (Phi) is 2.72. The molecular weight excluding hydrogens is 296 g/mol. The van der Waals surface area contributed by atoms with Crippen LogP contribution in [0.2, 0.25) is 0 Å². The summed E-state index contributed by atoms with van der Waals surface area (Å²) in [5, 5.41) is 10.1. The van der Waals surface area contributed by atoms with Gasteiger partial charge in [0, 0.05) is 34.2 Å². The highest BCUT2D eigenvalue weighted by Crippen LogP contribution is 2.35. The maximum atomic E-state index is 9.00. The molecule has 3 rings (SSSR count). The highest BCUT2D eigenvalue weighted by atomic mass is 79.9. The van der Waals surface area contributed by atoms with Crippen molar-refractivity contribution in [1.29, 1.82) is 0 Å². The van der Waals surface area contributed by atoms with Gasteiger partial charge in [-0.3, -0.25) is 0 Å². The van der Waals surface area contributed by atoms with E-state index in [9.17, 15) is 0 Å². The maximum Gasteiger partial charge on any atom is 0.220 e. The second-order valence-electron chi connectivity index (χ2n) is 4.06. The second kappa shape index (κ2) is 4.26. The van der Waals surface area contributed by atoms with E-state index in [1.165, 1.54) is 0 Å². The van der Waals surface area contributed by atoms with Gasteiger partial charge in [0.05, 0.1) is 6.20 Å². The molecule has 0 spiro atoms. The van der Waals surface area contributed by atoms with Gasteiger partial charge in [-0.15, -0.1) is 0 Å². The van der Waals surface area contributed by atoms with Crippen molar-refractivity contribution in [2.24, 2.45) is 7.05 Å². The monoisotopic (exact) mass is 306 g/mol. The number of aliphatic hydroxyl groups excluding tert-OH is 1. The molecule has 0 amide bonds. The van der Waals surface area contributed by atoms with Crippen LogP contribution in [0.5, 0.6) is 0 Å². The topological polar surface area (TPSA) is 51.2 Å². The minimum Gasteiger partial charge on any atom is -0.438 e. The van der Waals surface area contributed by atoms with Crippen molar-refractivity contribution in [3.8, 4) is 11.3 Å². The van der Waals surface area contributed by atoms with E-state index in [1.807, 2.05) is 36.0 Å². The van der Waals surface area contributed by atoms with Gasteiger partial charge in [0.15, 0.2) is 5.76 Å². The van der Waals surface area contributed by atoms with Crippen molar-refractivity contribution in [2.75, 3.05) is 0 Å².